The Morgan fingerprint density at radius 2 is 1.61 bits per heavy atom. The van der Waals surface area contributed by atoms with Crippen molar-refractivity contribution < 1.29 is 14.0 Å². The predicted octanol–water partition coefficient (Wildman–Crippen LogP) is 4.87. The molecule has 3 nitrogen and oxygen atoms in total. The van der Waals surface area contributed by atoms with Crippen LogP contribution in [0.1, 0.15) is 54.1 Å². The van der Waals surface area contributed by atoms with E-state index >= 15 is 0 Å². The summed E-state index contributed by atoms with van der Waals surface area (Å²) in [5.74, 6) is -1.22. The van der Waals surface area contributed by atoms with E-state index in [4.69, 9.17) is 4.99 Å². The maximum absolute atomic E-state index is 13.6. The Morgan fingerprint density at radius 3 is 2.32 bits per heavy atom. The second kappa shape index (κ2) is 5.81. The number of benzene rings is 2. The molecule has 4 heteroatoms. The Bertz CT molecular complexity index is 1090. The van der Waals surface area contributed by atoms with Gasteiger partial charge in [-0.2, -0.15) is 0 Å². The van der Waals surface area contributed by atoms with Gasteiger partial charge in [-0.1, -0.05) is 50.2 Å². The standard InChI is InChI=1S/C24H20FNO2/c1-24(2)11-17-20(18(27)12-24)19(13-7-9-14(25)10-8-13)21-22(26-17)15-5-3-4-6-16(15)23(21)28/h3-10,19,21H,11-12H2,1-2H3. The largest absolute Gasteiger partial charge is 0.294 e. The summed E-state index contributed by atoms with van der Waals surface area (Å²) in [6, 6.07) is 13.7. The lowest BCUT2D eigenvalue weighted by Gasteiger charge is -2.38. The molecule has 0 saturated carbocycles. The fourth-order valence-corrected chi connectivity index (χ4v) is 4.92. The van der Waals surface area contributed by atoms with Crippen molar-refractivity contribution in [2.24, 2.45) is 16.3 Å². The minimum Gasteiger partial charge on any atom is -0.294 e. The number of rotatable bonds is 1. The third-order valence-electron chi connectivity index (χ3n) is 6.07. The molecule has 0 amide bonds. The smallest absolute Gasteiger partial charge is 0.173 e. The second-order valence-electron chi connectivity index (χ2n) is 8.72. The third-order valence-corrected chi connectivity index (χ3v) is 6.07. The second-order valence-corrected chi connectivity index (χ2v) is 8.72. The molecule has 2 aromatic carbocycles. The van der Waals surface area contributed by atoms with Crippen LogP contribution in [0.15, 0.2) is 64.8 Å². The maximum Gasteiger partial charge on any atom is 0.173 e. The van der Waals surface area contributed by atoms with Crippen LogP contribution in [0.2, 0.25) is 0 Å². The van der Waals surface area contributed by atoms with Crippen LogP contribution in [0.25, 0.3) is 0 Å². The molecule has 0 radical (unpaired) electrons. The lowest BCUT2D eigenvalue weighted by Crippen LogP contribution is -2.37. The molecule has 0 aromatic heterocycles. The van der Waals surface area contributed by atoms with Gasteiger partial charge in [-0.25, -0.2) is 4.39 Å². The average molecular weight is 373 g/mol. The molecule has 1 heterocycles. The number of Topliss-reactive ketones (excluding diaryl/α,β-unsaturated/α-hetero) is 2. The first-order chi connectivity index (χ1) is 13.4. The highest BCUT2D eigenvalue weighted by molar-refractivity contribution is 6.30. The van der Waals surface area contributed by atoms with Gasteiger partial charge in [0.05, 0.1) is 11.6 Å². The number of carbonyl (C=O) groups is 2. The number of aliphatic imine (C=N–C) groups is 1. The molecule has 0 N–H and O–H groups in total. The quantitative estimate of drug-likeness (QED) is 0.716. The summed E-state index contributed by atoms with van der Waals surface area (Å²) in [7, 11) is 0. The van der Waals surface area contributed by atoms with Crippen molar-refractivity contribution in [2.45, 2.75) is 32.6 Å². The summed E-state index contributed by atoms with van der Waals surface area (Å²) in [5, 5.41) is 0. The maximum atomic E-state index is 13.6. The lowest BCUT2D eigenvalue weighted by molar-refractivity contribution is -0.118. The summed E-state index contributed by atoms with van der Waals surface area (Å²) in [5.41, 5.74) is 4.31. The zero-order valence-corrected chi connectivity index (χ0v) is 15.8. The van der Waals surface area contributed by atoms with Crippen molar-refractivity contribution in [1.82, 2.24) is 0 Å². The minimum atomic E-state index is -0.522. The van der Waals surface area contributed by atoms with Crippen molar-refractivity contribution in [2.75, 3.05) is 0 Å². The fourth-order valence-electron chi connectivity index (χ4n) is 4.92. The van der Waals surface area contributed by atoms with E-state index in [9.17, 15) is 14.0 Å². The summed E-state index contributed by atoms with van der Waals surface area (Å²) >= 11 is 0. The number of nitrogens with zero attached hydrogens (tertiary/aromatic N) is 1. The molecule has 3 aliphatic rings. The van der Waals surface area contributed by atoms with Crippen molar-refractivity contribution in [3.63, 3.8) is 0 Å². The van der Waals surface area contributed by atoms with E-state index in [0.717, 1.165) is 22.5 Å². The minimum absolute atomic E-state index is 0.00661. The molecule has 0 saturated heterocycles. The van der Waals surface area contributed by atoms with Crippen molar-refractivity contribution in [3.05, 3.63) is 82.3 Å². The third kappa shape index (κ3) is 2.44. The number of hydrogen-bond donors (Lipinski definition) is 0. The number of fused-ring (bicyclic) bond motifs is 3. The van der Waals surface area contributed by atoms with Gasteiger partial charge in [0, 0.05) is 34.7 Å². The molecule has 0 fully saturated rings. The summed E-state index contributed by atoms with van der Waals surface area (Å²) in [6.45, 7) is 4.14. The van der Waals surface area contributed by atoms with Crippen LogP contribution < -0.4 is 0 Å². The molecule has 2 aromatic rings. The summed E-state index contributed by atoms with van der Waals surface area (Å²) in [4.78, 5) is 31.3. The topological polar surface area (TPSA) is 46.5 Å². The zero-order chi connectivity index (χ0) is 19.6. The van der Waals surface area contributed by atoms with E-state index in [-0.39, 0.29) is 22.8 Å². The Labute approximate surface area is 163 Å². The van der Waals surface area contributed by atoms with Gasteiger partial charge in [-0.15, -0.1) is 0 Å². The molecule has 140 valence electrons. The number of hydrogen-bond acceptors (Lipinski definition) is 3. The molecule has 2 atom stereocenters. The molecule has 1 aliphatic heterocycles. The van der Waals surface area contributed by atoms with Crippen LogP contribution in [0.5, 0.6) is 0 Å². The number of carbonyl (C=O) groups excluding carboxylic acids is 2. The molecular weight excluding hydrogens is 353 g/mol. The Balaban J connectivity index is 1.76. The molecule has 2 aliphatic carbocycles. The zero-order valence-electron chi connectivity index (χ0n) is 15.8. The van der Waals surface area contributed by atoms with Gasteiger partial charge < -0.3 is 0 Å². The van der Waals surface area contributed by atoms with Crippen molar-refractivity contribution >= 4 is 17.3 Å². The first kappa shape index (κ1) is 17.2. The van der Waals surface area contributed by atoms with E-state index in [0.29, 0.717) is 24.0 Å². The molecule has 0 spiro atoms. The number of allylic oxidation sites excluding steroid dienone is 2. The first-order valence-electron chi connectivity index (χ1n) is 9.60. The number of halogens is 1. The first-order valence-corrected chi connectivity index (χ1v) is 9.60. The Hall–Kier alpha value is -2.88. The molecule has 2 unspecified atom stereocenters. The van der Waals surface area contributed by atoms with Crippen LogP contribution in [-0.4, -0.2) is 17.3 Å². The van der Waals surface area contributed by atoms with Gasteiger partial charge in [-0.05, 0) is 29.5 Å². The number of ketones is 2. The molecular formula is C24H20FNO2. The SMILES string of the molecule is CC1(C)CC(=O)C2=C(C1)N=C1c3ccccc3C(=O)C1C2c1ccc(F)cc1. The lowest BCUT2D eigenvalue weighted by atomic mass is 9.66. The van der Waals surface area contributed by atoms with Gasteiger partial charge in [0.1, 0.15) is 5.82 Å². The van der Waals surface area contributed by atoms with Crippen LogP contribution in [-0.2, 0) is 4.79 Å². The molecule has 5 rings (SSSR count). The van der Waals surface area contributed by atoms with Crippen LogP contribution in [0.4, 0.5) is 4.39 Å². The summed E-state index contributed by atoms with van der Waals surface area (Å²) < 4.78 is 13.6. The van der Waals surface area contributed by atoms with Crippen molar-refractivity contribution in [3.8, 4) is 0 Å². The van der Waals surface area contributed by atoms with Crippen LogP contribution in [0, 0.1) is 17.2 Å². The molecule has 0 bridgehead atoms. The highest BCUT2D eigenvalue weighted by Crippen LogP contribution is 2.51. The van der Waals surface area contributed by atoms with Crippen molar-refractivity contribution in [1.29, 1.82) is 0 Å². The predicted molar refractivity (Wildman–Crippen MR) is 105 cm³/mol. The van der Waals surface area contributed by atoms with E-state index in [1.165, 1.54) is 12.1 Å². The molecule has 28 heavy (non-hydrogen) atoms. The van der Waals surface area contributed by atoms with E-state index in [1.807, 2.05) is 24.3 Å². The Kier molecular flexibility index (Phi) is 3.57. The van der Waals surface area contributed by atoms with E-state index in [1.54, 1.807) is 12.1 Å². The van der Waals surface area contributed by atoms with Crippen LogP contribution in [0.3, 0.4) is 0 Å². The summed E-state index contributed by atoms with van der Waals surface area (Å²) in [6.07, 6.45) is 1.13. The van der Waals surface area contributed by atoms with Gasteiger partial charge >= 0.3 is 0 Å². The average Bonchev–Trinajstić information content (AvgIpc) is 2.93. The van der Waals surface area contributed by atoms with Gasteiger partial charge in [-0.3, -0.25) is 14.6 Å². The highest BCUT2D eigenvalue weighted by atomic mass is 19.1. The van der Waals surface area contributed by atoms with E-state index < -0.39 is 11.8 Å². The van der Waals surface area contributed by atoms with Gasteiger partial charge in [0.2, 0.25) is 0 Å². The normalized spacial score (nSPS) is 25.2. The van der Waals surface area contributed by atoms with Gasteiger partial charge in [0.15, 0.2) is 11.6 Å². The van der Waals surface area contributed by atoms with Gasteiger partial charge in [0.25, 0.3) is 0 Å². The monoisotopic (exact) mass is 373 g/mol. The van der Waals surface area contributed by atoms with E-state index in [2.05, 4.69) is 13.8 Å². The fraction of sp³-hybridized carbons (Fsp3) is 0.292. The highest BCUT2D eigenvalue weighted by Gasteiger charge is 2.50. The Morgan fingerprint density at radius 1 is 0.929 bits per heavy atom. The van der Waals surface area contributed by atoms with Crippen LogP contribution >= 0.6 is 0 Å².